The zero-order chi connectivity index (χ0) is 6.85. The Morgan fingerprint density at radius 1 is 1.56 bits per heavy atom. The van der Waals surface area contributed by atoms with Crippen LogP contribution in [0.15, 0.2) is 6.07 Å². The van der Waals surface area contributed by atoms with Crippen molar-refractivity contribution in [3.05, 3.63) is 24.5 Å². The molecular weight excluding hydrogens is 116 g/mol. The lowest BCUT2D eigenvalue weighted by Crippen LogP contribution is -1.88. The molecule has 3 nitrogen and oxygen atoms in total. The molecule has 0 aromatic carbocycles. The Hall–Kier alpha value is -1.12. The number of aromatic hydroxyl groups is 1. The maximum absolute atomic E-state index is 8.80. The fourth-order valence-corrected chi connectivity index (χ4v) is 0.612. The molecule has 9 heavy (non-hydrogen) atoms. The Bertz CT molecular complexity index is 172. The van der Waals surface area contributed by atoms with Gasteiger partial charge >= 0.3 is 0 Å². The van der Waals surface area contributed by atoms with Gasteiger partial charge < -0.3 is 5.11 Å². The van der Waals surface area contributed by atoms with Gasteiger partial charge in [0.1, 0.15) is 5.82 Å². The molecule has 0 unspecified atom stereocenters. The smallest absolute Gasteiger partial charge is 0.214 e. The summed E-state index contributed by atoms with van der Waals surface area (Å²) in [6.07, 6.45) is 0. The standard InChI is InChI=1S/C6H7N2O/c1-4-3-6(9)8-5(2)7-4/h3H,1H2,2H3,(H,7,8,9). The molecular formula is C6H7N2O. The first-order valence-electron chi connectivity index (χ1n) is 2.55. The van der Waals surface area contributed by atoms with Crippen LogP contribution in [0.4, 0.5) is 0 Å². The number of hydrogen-bond donors (Lipinski definition) is 1. The molecule has 0 aliphatic heterocycles. The number of rotatable bonds is 0. The van der Waals surface area contributed by atoms with Crippen molar-refractivity contribution in [3.8, 4) is 5.88 Å². The molecule has 1 aromatic heterocycles. The van der Waals surface area contributed by atoms with Gasteiger partial charge in [-0.3, -0.25) is 0 Å². The van der Waals surface area contributed by atoms with Gasteiger partial charge in [-0.25, -0.2) is 4.98 Å². The SMILES string of the molecule is [CH2]c1cc(O)nc(C)n1. The molecule has 3 heteroatoms. The van der Waals surface area contributed by atoms with E-state index in [0.29, 0.717) is 11.5 Å². The summed E-state index contributed by atoms with van der Waals surface area (Å²) in [4.78, 5) is 7.49. The summed E-state index contributed by atoms with van der Waals surface area (Å²) in [5, 5.41) is 8.80. The Morgan fingerprint density at radius 3 is 2.67 bits per heavy atom. The van der Waals surface area contributed by atoms with E-state index in [-0.39, 0.29) is 5.88 Å². The van der Waals surface area contributed by atoms with Gasteiger partial charge in [-0.1, -0.05) is 0 Å². The van der Waals surface area contributed by atoms with Gasteiger partial charge in [-0.05, 0) is 13.8 Å². The van der Waals surface area contributed by atoms with Crippen molar-refractivity contribution in [1.29, 1.82) is 0 Å². The molecule has 1 N–H and O–H groups in total. The van der Waals surface area contributed by atoms with Crippen molar-refractivity contribution >= 4 is 0 Å². The quantitative estimate of drug-likeness (QED) is 0.551. The van der Waals surface area contributed by atoms with Crippen LogP contribution in [0.1, 0.15) is 11.5 Å². The van der Waals surface area contributed by atoms with Crippen LogP contribution >= 0.6 is 0 Å². The van der Waals surface area contributed by atoms with Gasteiger partial charge in [0.2, 0.25) is 5.88 Å². The lowest BCUT2D eigenvalue weighted by Gasteiger charge is -1.93. The Labute approximate surface area is 53.4 Å². The van der Waals surface area contributed by atoms with Gasteiger partial charge in [0.15, 0.2) is 0 Å². The van der Waals surface area contributed by atoms with E-state index in [0.717, 1.165) is 0 Å². The van der Waals surface area contributed by atoms with E-state index < -0.39 is 0 Å². The summed E-state index contributed by atoms with van der Waals surface area (Å²) < 4.78 is 0. The Kier molecular flexibility index (Phi) is 1.34. The molecule has 0 saturated heterocycles. The molecule has 1 heterocycles. The first-order valence-corrected chi connectivity index (χ1v) is 2.55. The number of nitrogens with zero attached hydrogens (tertiary/aromatic N) is 2. The van der Waals surface area contributed by atoms with Gasteiger partial charge in [-0.15, -0.1) is 0 Å². The second-order valence-electron chi connectivity index (χ2n) is 1.76. The summed E-state index contributed by atoms with van der Waals surface area (Å²) in [7, 11) is 0. The summed E-state index contributed by atoms with van der Waals surface area (Å²) >= 11 is 0. The monoisotopic (exact) mass is 123 g/mol. The minimum atomic E-state index is -0.0208. The third kappa shape index (κ3) is 1.38. The molecule has 0 aliphatic rings. The molecule has 0 spiro atoms. The molecule has 0 saturated carbocycles. The minimum absolute atomic E-state index is 0.0208. The molecule has 1 rings (SSSR count). The van der Waals surface area contributed by atoms with E-state index in [1.54, 1.807) is 6.92 Å². The largest absolute Gasteiger partial charge is 0.493 e. The van der Waals surface area contributed by atoms with Crippen molar-refractivity contribution in [1.82, 2.24) is 9.97 Å². The number of aromatic nitrogens is 2. The number of aryl methyl sites for hydroxylation is 1. The molecule has 0 amide bonds. The summed E-state index contributed by atoms with van der Waals surface area (Å²) in [6, 6.07) is 1.41. The Morgan fingerprint density at radius 2 is 2.22 bits per heavy atom. The fraction of sp³-hybridized carbons (Fsp3) is 0.167. The van der Waals surface area contributed by atoms with E-state index in [9.17, 15) is 0 Å². The van der Waals surface area contributed by atoms with Crippen LogP contribution in [0.2, 0.25) is 0 Å². The van der Waals surface area contributed by atoms with Crippen molar-refractivity contribution in [3.63, 3.8) is 0 Å². The molecule has 0 aliphatic carbocycles. The van der Waals surface area contributed by atoms with E-state index in [4.69, 9.17) is 5.11 Å². The van der Waals surface area contributed by atoms with Gasteiger partial charge in [0, 0.05) is 11.8 Å². The second kappa shape index (κ2) is 2.01. The molecule has 1 aromatic rings. The average molecular weight is 123 g/mol. The summed E-state index contributed by atoms with van der Waals surface area (Å²) in [5.74, 6) is 0.521. The van der Waals surface area contributed by atoms with E-state index in [1.165, 1.54) is 6.07 Å². The highest BCUT2D eigenvalue weighted by Gasteiger charge is 1.92. The molecule has 0 atom stereocenters. The first kappa shape index (κ1) is 6.01. The van der Waals surface area contributed by atoms with Gasteiger partial charge in [-0.2, -0.15) is 4.98 Å². The van der Waals surface area contributed by atoms with Crippen LogP contribution in [0, 0.1) is 13.8 Å². The van der Waals surface area contributed by atoms with Crippen LogP contribution in [0.25, 0.3) is 0 Å². The molecule has 0 fully saturated rings. The average Bonchev–Trinajstić information content (AvgIpc) is 1.59. The van der Waals surface area contributed by atoms with Crippen LogP contribution in [0.3, 0.4) is 0 Å². The van der Waals surface area contributed by atoms with Crippen molar-refractivity contribution in [2.24, 2.45) is 0 Å². The van der Waals surface area contributed by atoms with Crippen LogP contribution in [0.5, 0.6) is 5.88 Å². The van der Waals surface area contributed by atoms with Gasteiger partial charge in [0.05, 0.1) is 0 Å². The predicted molar refractivity (Wildman–Crippen MR) is 32.9 cm³/mol. The molecule has 47 valence electrons. The number of hydrogen-bond acceptors (Lipinski definition) is 3. The Balaban J connectivity index is 3.17. The molecule has 1 radical (unpaired) electrons. The van der Waals surface area contributed by atoms with Crippen LogP contribution < -0.4 is 0 Å². The van der Waals surface area contributed by atoms with Crippen LogP contribution in [-0.4, -0.2) is 15.1 Å². The lowest BCUT2D eigenvalue weighted by atomic mass is 10.4. The highest BCUT2D eigenvalue weighted by atomic mass is 16.3. The summed E-state index contributed by atoms with van der Waals surface area (Å²) in [5.41, 5.74) is 0.542. The van der Waals surface area contributed by atoms with Crippen molar-refractivity contribution in [2.45, 2.75) is 6.92 Å². The fourth-order valence-electron chi connectivity index (χ4n) is 0.612. The van der Waals surface area contributed by atoms with Crippen molar-refractivity contribution < 1.29 is 5.11 Å². The minimum Gasteiger partial charge on any atom is -0.493 e. The second-order valence-corrected chi connectivity index (χ2v) is 1.76. The predicted octanol–water partition coefficient (Wildman–Crippen LogP) is 0.673. The zero-order valence-corrected chi connectivity index (χ0v) is 5.13. The zero-order valence-electron chi connectivity index (χ0n) is 5.13. The van der Waals surface area contributed by atoms with Gasteiger partial charge in [0.25, 0.3) is 0 Å². The maximum Gasteiger partial charge on any atom is 0.214 e. The maximum atomic E-state index is 8.80. The molecule has 0 bridgehead atoms. The van der Waals surface area contributed by atoms with Crippen molar-refractivity contribution in [2.75, 3.05) is 0 Å². The third-order valence-corrected chi connectivity index (χ3v) is 0.877. The first-order chi connectivity index (χ1) is 4.18. The van der Waals surface area contributed by atoms with E-state index >= 15 is 0 Å². The van der Waals surface area contributed by atoms with E-state index in [2.05, 4.69) is 16.9 Å². The van der Waals surface area contributed by atoms with E-state index in [1.807, 2.05) is 0 Å². The third-order valence-electron chi connectivity index (χ3n) is 0.877. The highest BCUT2D eigenvalue weighted by Crippen LogP contribution is 2.04. The van der Waals surface area contributed by atoms with Crippen LogP contribution in [-0.2, 0) is 0 Å². The lowest BCUT2D eigenvalue weighted by molar-refractivity contribution is 0.449. The highest BCUT2D eigenvalue weighted by molar-refractivity contribution is 5.16. The normalized spacial score (nSPS) is 9.56. The topological polar surface area (TPSA) is 46.0 Å². The summed E-state index contributed by atoms with van der Waals surface area (Å²) in [6.45, 7) is 5.23.